The molecule has 3 nitrogen and oxygen atoms in total. The molecule has 3 heteroatoms. The van der Waals surface area contributed by atoms with E-state index in [1.807, 2.05) is 6.92 Å². The van der Waals surface area contributed by atoms with Crippen LogP contribution in [0.25, 0.3) is 0 Å². The highest BCUT2D eigenvalue weighted by molar-refractivity contribution is 5.66. The molecule has 0 aromatic heterocycles. The molecular formula is C22H34O3. The number of ether oxygens (including phenoxy) is 1. The fraction of sp³-hybridized carbons (Fsp3) is 0.682. The van der Waals surface area contributed by atoms with Crippen molar-refractivity contribution in [3.8, 4) is 0 Å². The van der Waals surface area contributed by atoms with E-state index in [1.54, 1.807) is 0 Å². The molecule has 2 aliphatic rings. The highest BCUT2D eigenvalue weighted by Gasteiger charge is 2.42. The SMILES string of the molecule is C=C(C)[C@@H](CC[C@@H](C)[C@@H]1CCC(=C)[C@@H]2CC=C(C)[C@H]2[C@@H]1O)OC(C)=O. The molecule has 25 heavy (non-hydrogen) atoms. The minimum absolute atomic E-state index is 0.223. The first-order valence-electron chi connectivity index (χ1n) is 9.57. The molecule has 0 aromatic rings. The van der Waals surface area contributed by atoms with Crippen molar-refractivity contribution in [1.82, 2.24) is 0 Å². The van der Waals surface area contributed by atoms with Gasteiger partial charge in [0.05, 0.1) is 6.10 Å². The monoisotopic (exact) mass is 346 g/mol. The lowest BCUT2D eigenvalue weighted by Gasteiger charge is -2.33. The highest BCUT2D eigenvalue weighted by Crippen LogP contribution is 2.47. The molecule has 2 rings (SSSR count). The number of carbonyl (C=O) groups excluding carboxylic acids is 1. The number of rotatable bonds is 6. The number of allylic oxidation sites excluding steroid dienone is 2. The standard InChI is InChI=1S/C22H34O3/c1-13(2)20(25-17(6)23)12-9-15(4)19-11-7-14(3)18-10-8-16(5)21(18)22(19)24/h8,15,18-22,24H,1,3,7,9-12H2,2,4-6H3/t15-,18+,19+,20-,21-,22-/m1/s1. The van der Waals surface area contributed by atoms with Gasteiger partial charge in [0.15, 0.2) is 0 Å². The summed E-state index contributed by atoms with van der Waals surface area (Å²) in [5.41, 5.74) is 3.50. The van der Waals surface area contributed by atoms with Gasteiger partial charge in [0.1, 0.15) is 6.10 Å². The Balaban J connectivity index is 2.03. The molecule has 1 fully saturated rings. The Morgan fingerprint density at radius 1 is 1.40 bits per heavy atom. The van der Waals surface area contributed by atoms with Crippen LogP contribution in [-0.4, -0.2) is 23.3 Å². The van der Waals surface area contributed by atoms with E-state index in [9.17, 15) is 9.90 Å². The molecule has 1 N–H and O–H groups in total. The van der Waals surface area contributed by atoms with E-state index in [0.29, 0.717) is 11.8 Å². The third-order valence-electron chi connectivity index (χ3n) is 6.26. The second-order valence-corrected chi connectivity index (χ2v) is 8.17. The van der Waals surface area contributed by atoms with E-state index in [0.717, 1.165) is 37.7 Å². The normalized spacial score (nSPS) is 31.6. The smallest absolute Gasteiger partial charge is 0.303 e. The molecule has 0 spiro atoms. The van der Waals surface area contributed by atoms with Crippen LogP contribution in [0.1, 0.15) is 59.8 Å². The fourth-order valence-electron chi connectivity index (χ4n) is 4.67. The zero-order valence-corrected chi connectivity index (χ0v) is 16.3. The Hall–Kier alpha value is -1.35. The van der Waals surface area contributed by atoms with E-state index in [2.05, 4.69) is 33.1 Å². The molecule has 140 valence electrons. The predicted octanol–water partition coefficient (Wildman–Crippen LogP) is 4.82. The number of aliphatic hydroxyl groups is 1. The molecule has 0 radical (unpaired) electrons. The maximum atomic E-state index is 11.3. The molecule has 0 heterocycles. The summed E-state index contributed by atoms with van der Waals surface area (Å²) in [5.74, 6) is 1.01. The first-order chi connectivity index (χ1) is 11.7. The molecule has 0 aromatic carbocycles. The molecule has 0 bridgehead atoms. The van der Waals surface area contributed by atoms with Crippen molar-refractivity contribution in [2.75, 3.05) is 0 Å². The topological polar surface area (TPSA) is 46.5 Å². The number of esters is 1. The molecule has 0 amide bonds. The van der Waals surface area contributed by atoms with Crippen LogP contribution in [0.3, 0.4) is 0 Å². The summed E-state index contributed by atoms with van der Waals surface area (Å²) in [5, 5.41) is 11.1. The lowest BCUT2D eigenvalue weighted by Crippen LogP contribution is -2.34. The van der Waals surface area contributed by atoms with Crippen molar-refractivity contribution < 1.29 is 14.6 Å². The van der Waals surface area contributed by atoms with Gasteiger partial charge in [0.25, 0.3) is 0 Å². The van der Waals surface area contributed by atoms with Gasteiger partial charge in [-0.2, -0.15) is 0 Å². The van der Waals surface area contributed by atoms with Crippen molar-refractivity contribution in [2.45, 2.75) is 72.0 Å². The molecule has 0 saturated heterocycles. The Kier molecular flexibility index (Phi) is 6.67. The van der Waals surface area contributed by atoms with Gasteiger partial charge in [0, 0.05) is 12.8 Å². The summed E-state index contributed by atoms with van der Waals surface area (Å²) in [6, 6.07) is 0. The molecule has 0 aliphatic heterocycles. The minimum atomic E-state index is -0.310. The summed E-state index contributed by atoms with van der Waals surface area (Å²) >= 11 is 0. The van der Waals surface area contributed by atoms with Gasteiger partial charge in [-0.1, -0.05) is 37.3 Å². The molecule has 6 atom stereocenters. The van der Waals surface area contributed by atoms with Crippen LogP contribution in [0.2, 0.25) is 0 Å². The molecular weight excluding hydrogens is 312 g/mol. The Labute approximate surface area is 152 Å². The lowest BCUT2D eigenvalue weighted by molar-refractivity contribution is -0.145. The summed E-state index contributed by atoms with van der Waals surface area (Å²) in [7, 11) is 0. The Bertz CT molecular complexity index is 560. The van der Waals surface area contributed by atoms with Gasteiger partial charge in [-0.25, -0.2) is 0 Å². The first-order valence-corrected chi connectivity index (χ1v) is 9.57. The molecule has 2 aliphatic carbocycles. The zero-order valence-electron chi connectivity index (χ0n) is 16.3. The van der Waals surface area contributed by atoms with Gasteiger partial charge in [-0.15, -0.1) is 0 Å². The van der Waals surface area contributed by atoms with Crippen LogP contribution in [-0.2, 0) is 9.53 Å². The van der Waals surface area contributed by atoms with Gasteiger partial charge in [-0.05, 0) is 69.3 Å². The Morgan fingerprint density at radius 3 is 2.68 bits per heavy atom. The van der Waals surface area contributed by atoms with Crippen molar-refractivity contribution in [3.05, 3.63) is 36.0 Å². The average molecular weight is 347 g/mol. The first kappa shape index (κ1) is 20.0. The second-order valence-electron chi connectivity index (χ2n) is 8.17. The van der Waals surface area contributed by atoms with E-state index in [1.165, 1.54) is 18.1 Å². The maximum absolute atomic E-state index is 11.3. The number of carbonyl (C=O) groups is 1. The van der Waals surface area contributed by atoms with Gasteiger partial charge < -0.3 is 9.84 Å². The van der Waals surface area contributed by atoms with E-state index < -0.39 is 0 Å². The zero-order chi connectivity index (χ0) is 18.7. The quantitative estimate of drug-likeness (QED) is 0.554. The van der Waals surface area contributed by atoms with Crippen molar-refractivity contribution in [2.24, 2.45) is 23.7 Å². The summed E-state index contributed by atoms with van der Waals surface area (Å²) in [6.07, 6.45) is 6.44. The largest absolute Gasteiger partial charge is 0.458 e. The molecule has 0 unspecified atom stereocenters. The van der Waals surface area contributed by atoms with Crippen molar-refractivity contribution in [3.63, 3.8) is 0 Å². The van der Waals surface area contributed by atoms with Crippen LogP contribution in [0.4, 0.5) is 0 Å². The van der Waals surface area contributed by atoms with Crippen LogP contribution in [0.15, 0.2) is 36.0 Å². The third-order valence-corrected chi connectivity index (χ3v) is 6.26. The summed E-state index contributed by atoms with van der Waals surface area (Å²) in [4.78, 5) is 11.3. The molecule has 1 saturated carbocycles. The van der Waals surface area contributed by atoms with Gasteiger partial charge in [0.2, 0.25) is 0 Å². The highest BCUT2D eigenvalue weighted by atomic mass is 16.5. The number of fused-ring (bicyclic) bond motifs is 1. The minimum Gasteiger partial charge on any atom is -0.458 e. The number of hydrogen-bond acceptors (Lipinski definition) is 3. The van der Waals surface area contributed by atoms with Crippen LogP contribution >= 0.6 is 0 Å². The van der Waals surface area contributed by atoms with E-state index >= 15 is 0 Å². The number of aliphatic hydroxyl groups excluding tert-OH is 1. The van der Waals surface area contributed by atoms with E-state index in [-0.39, 0.29) is 30.0 Å². The summed E-state index contributed by atoms with van der Waals surface area (Å²) < 4.78 is 5.38. The van der Waals surface area contributed by atoms with Gasteiger partial charge >= 0.3 is 5.97 Å². The maximum Gasteiger partial charge on any atom is 0.303 e. The Morgan fingerprint density at radius 2 is 2.08 bits per heavy atom. The summed E-state index contributed by atoms with van der Waals surface area (Å²) in [6.45, 7) is 15.9. The van der Waals surface area contributed by atoms with Crippen molar-refractivity contribution in [1.29, 1.82) is 0 Å². The number of hydrogen-bond donors (Lipinski definition) is 1. The van der Waals surface area contributed by atoms with Crippen LogP contribution in [0.5, 0.6) is 0 Å². The van der Waals surface area contributed by atoms with Crippen LogP contribution in [0, 0.1) is 23.7 Å². The van der Waals surface area contributed by atoms with E-state index in [4.69, 9.17) is 4.74 Å². The second kappa shape index (κ2) is 8.35. The lowest BCUT2D eigenvalue weighted by atomic mass is 9.76. The predicted molar refractivity (Wildman–Crippen MR) is 102 cm³/mol. The van der Waals surface area contributed by atoms with Crippen LogP contribution < -0.4 is 0 Å². The van der Waals surface area contributed by atoms with Crippen molar-refractivity contribution >= 4 is 5.97 Å². The van der Waals surface area contributed by atoms with Gasteiger partial charge in [-0.3, -0.25) is 4.79 Å². The fourth-order valence-corrected chi connectivity index (χ4v) is 4.67. The third kappa shape index (κ3) is 4.63. The average Bonchev–Trinajstić information content (AvgIpc) is 2.86.